The van der Waals surface area contributed by atoms with Gasteiger partial charge in [-0.1, -0.05) is 24.3 Å². The first kappa shape index (κ1) is 12.4. The standard InChI is InChI=1S/C18H12N4O/c19-9-16-11-6-5-10(7-15(11)21-22-16)13-8-18(13)12-3-1-2-4-14(12)20-17(18)23/h1-7,13H,8H2,(H,20,23)(H,21,22). The summed E-state index contributed by atoms with van der Waals surface area (Å²) in [6.45, 7) is 0. The molecule has 1 spiro atoms. The van der Waals surface area contributed by atoms with Gasteiger partial charge in [0.05, 0.1) is 10.9 Å². The zero-order valence-electron chi connectivity index (χ0n) is 12.1. The van der Waals surface area contributed by atoms with Crippen molar-refractivity contribution in [2.24, 2.45) is 0 Å². The van der Waals surface area contributed by atoms with E-state index in [1.807, 2.05) is 42.5 Å². The molecule has 2 heterocycles. The summed E-state index contributed by atoms with van der Waals surface area (Å²) in [6, 6.07) is 15.9. The molecule has 1 aliphatic carbocycles. The number of rotatable bonds is 1. The van der Waals surface area contributed by atoms with E-state index in [-0.39, 0.29) is 11.8 Å². The first-order valence-corrected chi connectivity index (χ1v) is 7.53. The van der Waals surface area contributed by atoms with Crippen molar-refractivity contribution >= 4 is 22.5 Å². The normalized spacial score (nSPS) is 24.5. The third-order valence-electron chi connectivity index (χ3n) is 5.12. The van der Waals surface area contributed by atoms with Crippen LogP contribution in [0.1, 0.15) is 29.2 Å². The highest BCUT2D eigenvalue weighted by Crippen LogP contribution is 2.64. The lowest BCUT2D eigenvalue weighted by atomic mass is 9.92. The molecule has 2 unspecified atom stereocenters. The number of hydrogen-bond donors (Lipinski definition) is 2. The van der Waals surface area contributed by atoms with Crippen LogP contribution in [0.2, 0.25) is 0 Å². The number of nitriles is 1. The van der Waals surface area contributed by atoms with Crippen molar-refractivity contribution < 1.29 is 4.79 Å². The molecular formula is C18H12N4O. The number of fused-ring (bicyclic) bond motifs is 3. The SMILES string of the molecule is N#Cc1n[nH]c2cc(C3CC34C(=O)Nc3ccccc34)ccc12. The number of nitrogens with one attached hydrogen (secondary N) is 2. The Morgan fingerprint density at radius 2 is 2.13 bits per heavy atom. The van der Waals surface area contributed by atoms with Crippen LogP contribution in [0, 0.1) is 11.3 Å². The molecule has 0 radical (unpaired) electrons. The van der Waals surface area contributed by atoms with Crippen LogP contribution in [0.5, 0.6) is 0 Å². The Labute approximate surface area is 131 Å². The number of carbonyl (C=O) groups is 1. The Morgan fingerprint density at radius 3 is 3.00 bits per heavy atom. The molecule has 2 aliphatic rings. The maximum Gasteiger partial charge on any atom is 0.235 e. The molecule has 0 saturated heterocycles. The molecule has 5 rings (SSSR count). The minimum Gasteiger partial charge on any atom is -0.325 e. The number of anilines is 1. The quantitative estimate of drug-likeness (QED) is 0.725. The number of carbonyl (C=O) groups excluding carboxylic acids is 1. The van der Waals surface area contributed by atoms with E-state index in [1.54, 1.807) is 0 Å². The average Bonchev–Trinajstić information content (AvgIpc) is 3.10. The zero-order chi connectivity index (χ0) is 15.6. The van der Waals surface area contributed by atoms with Crippen molar-refractivity contribution in [1.29, 1.82) is 5.26 Å². The van der Waals surface area contributed by atoms with Gasteiger partial charge in [-0.05, 0) is 35.7 Å². The molecule has 1 aliphatic heterocycles. The fourth-order valence-corrected chi connectivity index (χ4v) is 3.89. The maximum absolute atomic E-state index is 12.5. The molecule has 1 aromatic heterocycles. The fraction of sp³-hybridized carbons (Fsp3) is 0.167. The Morgan fingerprint density at radius 1 is 1.26 bits per heavy atom. The van der Waals surface area contributed by atoms with E-state index in [4.69, 9.17) is 5.26 Å². The van der Waals surface area contributed by atoms with Crippen molar-refractivity contribution in [3.05, 3.63) is 59.3 Å². The predicted octanol–water partition coefficient (Wildman–Crippen LogP) is 2.81. The number of H-pyrrole nitrogens is 1. The van der Waals surface area contributed by atoms with Gasteiger partial charge in [0.15, 0.2) is 5.69 Å². The van der Waals surface area contributed by atoms with Crippen molar-refractivity contribution in [3.8, 4) is 6.07 Å². The van der Waals surface area contributed by atoms with E-state index in [9.17, 15) is 4.79 Å². The first-order valence-electron chi connectivity index (χ1n) is 7.53. The summed E-state index contributed by atoms with van der Waals surface area (Å²) in [5.74, 6) is 0.260. The molecule has 5 heteroatoms. The van der Waals surface area contributed by atoms with Gasteiger partial charge in [0, 0.05) is 17.0 Å². The smallest absolute Gasteiger partial charge is 0.235 e. The molecule has 3 aromatic rings. The van der Waals surface area contributed by atoms with Crippen LogP contribution >= 0.6 is 0 Å². The number of nitrogens with zero attached hydrogens (tertiary/aromatic N) is 2. The first-order chi connectivity index (χ1) is 11.2. The largest absolute Gasteiger partial charge is 0.325 e. The monoisotopic (exact) mass is 300 g/mol. The van der Waals surface area contributed by atoms with Crippen LogP contribution in [0.15, 0.2) is 42.5 Å². The van der Waals surface area contributed by atoms with Crippen molar-refractivity contribution in [1.82, 2.24) is 10.2 Å². The van der Waals surface area contributed by atoms with Gasteiger partial charge in [0.2, 0.25) is 5.91 Å². The van der Waals surface area contributed by atoms with E-state index in [2.05, 4.69) is 21.6 Å². The van der Waals surface area contributed by atoms with E-state index in [1.165, 1.54) is 0 Å². The zero-order valence-corrected chi connectivity index (χ0v) is 12.1. The summed E-state index contributed by atoms with van der Waals surface area (Å²) in [4.78, 5) is 12.5. The van der Waals surface area contributed by atoms with E-state index in [0.717, 1.165) is 34.1 Å². The lowest BCUT2D eigenvalue weighted by Crippen LogP contribution is -2.20. The second-order valence-corrected chi connectivity index (χ2v) is 6.22. The second kappa shape index (κ2) is 3.99. The summed E-state index contributed by atoms with van der Waals surface area (Å²) in [7, 11) is 0. The Kier molecular flexibility index (Phi) is 2.15. The number of para-hydroxylation sites is 1. The summed E-state index contributed by atoms with van der Waals surface area (Å²) >= 11 is 0. The summed E-state index contributed by atoms with van der Waals surface area (Å²) < 4.78 is 0. The van der Waals surface area contributed by atoms with Crippen LogP contribution in [-0.2, 0) is 10.2 Å². The van der Waals surface area contributed by atoms with Crippen LogP contribution in [0.3, 0.4) is 0 Å². The third kappa shape index (κ3) is 1.45. The van der Waals surface area contributed by atoms with Crippen molar-refractivity contribution in [3.63, 3.8) is 0 Å². The van der Waals surface area contributed by atoms with Gasteiger partial charge in [0.1, 0.15) is 6.07 Å². The molecule has 1 amide bonds. The van der Waals surface area contributed by atoms with Crippen molar-refractivity contribution in [2.75, 3.05) is 5.32 Å². The predicted molar refractivity (Wildman–Crippen MR) is 84.9 cm³/mol. The molecule has 2 N–H and O–H groups in total. The highest BCUT2D eigenvalue weighted by molar-refractivity contribution is 6.09. The molecule has 110 valence electrons. The van der Waals surface area contributed by atoms with E-state index < -0.39 is 5.41 Å². The van der Waals surface area contributed by atoms with Crippen LogP contribution in [0.4, 0.5) is 5.69 Å². The van der Waals surface area contributed by atoms with E-state index in [0.29, 0.717) is 5.69 Å². The second-order valence-electron chi connectivity index (χ2n) is 6.22. The van der Waals surface area contributed by atoms with Gasteiger partial charge in [-0.2, -0.15) is 10.4 Å². The molecule has 1 fully saturated rings. The highest BCUT2D eigenvalue weighted by Gasteiger charge is 2.65. The van der Waals surface area contributed by atoms with Gasteiger partial charge in [-0.3, -0.25) is 9.89 Å². The van der Waals surface area contributed by atoms with Crippen LogP contribution < -0.4 is 5.32 Å². The number of aromatic nitrogens is 2. The number of benzene rings is 2. The number of amides is 1. The maximum atomic E-state index is 12.5. The molecule has 1 saturated carbocycles. The Balaban J connectivity index is 1.61. The Bertz CT molecular complexity index is 1030. The molecular weight excluding hydrogens is 288 g/mol. The van der Waals surface area contributed by atoms with Gasteiger partial charge in [-0.15, -0.1) is 0 Å². The average molecular weight is 300 g/mol. The summed E-state index contributed by atoms with van der Waals surface area (Å²) in [5.41, 5.74) is 3.95. The van der Waals surface area contributed by atoms with Gasteiger partial charge in [0.25, 0.3) is 0 Å². The highest BCUT2D eigenvalue weighted by atomic mass is 16.2. The van der Waals surface area contributed by atoms with Gasteiger partial charge >= 0.3 is 0 Å². The topological polar surface area (TPSA) is 81.6 Å². The molecule has 23 heavy (non-hydrogen) atoms. The lowest BCUT2D eigenvalue weighted by molar-refractivity contribution is -0.118. The minimum absolute atomic E-state index is 0.0890. The minimum atomic E-state index is -0.428. The molecule has 0 bridgehead atoms. The van der Waals surface area contributed by atoms with Gasteiger partial charge in [-0.25, -0.2) is 0 Å². The summed E-state index contributed by atoms with van der Waals surface area (Å²) in [5, 5.41) is 19.8. The molecule has 2 aromatic carbocycles. The number of aromatic amines is 1. The lowest BCUT2D eigenvalue weighted by Gasteiger charge is -2.08. The van der Waals surface area contributed by atoms with Crippen LogP contribution in [-0.4, -0.2) is 16.1 Å². The summed E-state index contributed by atoms with van der Waals surface area (Å²) in [6.07, 6.45) is 0.820. The Hall–Kier alpha value is -3.13. The van der Waals surface area contributed by atoms with Crippen molar-refractivity contribution in [2.45, 2.75) is 17.8 Å². The molecule has 5 nitrogen and oxygen atoms in total. The van der Waals surface area contributed by atoms with Crippen LogP contribution in [0.25, 0.3) is 10.9 Å². The number of hydrogen-bond acceptors (Lipinski definition) is 3. The van der Waals surface area contributed by atoms with Gasteiger partial charge < -0.3 is 5.32 Å². The fourth-order valence-electron chi connectivity index (χ4n) is 3.89. The van der Waals surface area contributed by atoms with E-state index >= 15 is 0 Å². The molecule has 2 atom stereocenters. The third-order valence-corrected chi connectivity index (χ3v) is 5.12.